The average Bonchev–Trinajstić information content (AvgIpc) is 2.28. The van der Waals surface area contributed by atoms with Gasteiger partial charge in [0.05, 0.1) is 0 Å². The average molecular weight is 235 g/mol. The fraction of sp³-hybridized carbons (Fsp3) is 0.0769. The molecule has 2 aromatic rings. The van der Waals surface area contributed by atoms with Crippen LogP contribution in [0.25, 0.3) is 0 Å². The molecule has 0 heterocycles. The van der Waals surface area contributed by atoms with E-state index in [1.54, 1.807) is 24.3 Å². The summed E-state index contributed by atoms with van der Waals surface area (Å²) in [4.78, 5) is 0. The molecule has 0 aliphatic carbocycles. The molecule has 0 saturated heterocycles. The standard InChI is InChI=1S/C7H9N.C6H6ClN/c1-6-4-2-3-5-7(6)8;7-5-1-3-6(8)4-2-5/h2-5H,8H2,1H3;1-4H,8H2. The monoisotopic (exact) mass is 234 g/mol. The zero-order valence-corrected chi connectivity index (χ0v) is 9.91. The smallest absolute Gasteiger partial charge is 0.0407 e. The summed E-state index contributed by atoms with van der Waals surface area (Å²) in [6.07, 6.45) is 0. The highest BCUT2D eigenvalue weighted by molar-refractivity contribution is 6.30. The number of hydrogen-bond acceptors (Lipinski definition) is 2. The molecular weight excluding hydrogens is 220 g/mol. The van der Waals surface area contributed by atoms with Crippen LogP contribution in [0.15, 0.2) is 48.5 Å². The van der Waals surface area contributed by atoms with Gasteiger partial charge in [-0.25, -0.2) is 0 Å². The molecule has 0 aliphatic rings. The molecule has 4 N–H and O–H groups in total. The lowest BCUT2D eigenvalue weighted by molar-refractivity contribution is 1.47. The van der Waals surface area contributed by atoms with Crippen molar-refractivity contribution in [3.05, 3.63) is 59.1 Å². The fourth-order valence-corrected chi connectivity index (χ4v) is 1.18. The molecule has 0 radical (unpaired) electrons. The quantitative estimate of drug-likeness (QED) is 0.686. The molecule has 3 heteroatoms. The second-order valence-corrected chi connectivity index (χ2v) is 3.84. The van der Waals surface area contributed by atoms with Gasteiger partial charge in [-0.05, 0) is 42.8 Å². The summed E-state index contributed by atoms with van der Waals surface area (Å²) in [6.45, 7) is 2.00. The van der Waals surface area contributed by atoms with Crippen LogP contribution in [0.1, 0.15) is 5.56 Å². The van der Waals surface area contributed by atoms with E-state index in [4.69, 9.17) is 23.1 Å². The number of benzene rings is 2. The lowest BCUT2D eigenvalue weighted by atomic mass is 10.2. The van der Waals surface area contributed by atoms with E-state index >= 15 is 0 Å². The summed E-state index contributed by atoms with van der Waals surface area (Å²) < 4.78 is 0. The molecular formula is C13H15ClN2. The second kappa shape index (κ2) is 6.03. The Morgan fingerprint density at radius 2 is 1.44 bits per heavy atom. The van der Waals surface area contributed by atoms with Crippen LogP contribution in [0.4, 0.5) is 11.4 Å². The molecule has 0 aromatic heterocycles. The highest BCUT2D eigenvalue weighted by Gasteiger charge is 1.84. The van der Waals surface area contributed by atoms with Crippen molar-refractivity contribution < 1.29 is 0 Å². The second-order valence-electron chi connectivity index (χ2n) is 3.41. The number of rotatable bonds is 0. The van der Waals surface area contributed by atoms with Crippen LogP contribution in [0, 0.1) is 6.92 Å². The highest BCUT2D eigenvalue weighted by Crippen LogP contribution is 2.09. The van der Waals surface area contributed by atoms with E-state index in [1.807, 2.05) is 31.2 Å². The molecule has 16 heavy (non-hydrogen) atoms. The normalized spacial score (nSPS) is 9.12. The third-order valence-corrected chi connectivity index (χ3v) is 2.31. The Bertz CT molecular complexity index is 396. The number of nitrogen functional groups attached to an aromatic ring is 2. The van der Waals surface area contributed by atoms with Crippen LogP contribution >= 0.6 is 11.6 Å². The SMILES string of the molecule is Cc1ccccc1N.Nc1ccc(Cl)cc1. The number of hydrogen-bond donors (Lipinski definition) is 2. The minimum atomic E-state index is 0.721. The number of nitrogens with two attached hydrogens (primary N) is 2. The van der Waals surface area contributed by atoms with Crippen LogP contribution in [0.5, 0.6) is 0 Å². The van der Waals surface area contributed by atoms with Gasteiger partial charge >= 0.3 is 0 Å². The first-order valence-corrected chi connectivity index (χ1v) is 5.29. The Balaban J connectivity index is 0.000000160. The van der Waals surface area contributed by atoms with E-state index < -0.39 is 0 Å². The van der Waals surface area contributed by atoms with Crippen LogP contribution in [0.3, 0.4) is 0 Å². The third-order valence-electron chi connectivity index (χ3n) is 2.06. The number of aryl methyl sites for hydroxylation is 1. The lowest BCUT2D eigenvalue weighted by Crippen LogP contribution is -1.85. The van der Waals surface area contributed by atoms with Gasteiger partial charge < -0.3 is 11.5 Å². The van der Waals surface area contributed by atoms with Crippen LogP contribution in [0.2, 0.25) is 5.02 Å². The van der Waals surface area contributed by atoms with Gasteiger partial charge in [0.25, 0.3) is 0 Å². The van der Waals surface area contributed by atoms with Crippen molar-refractivity contribution in [2.24, 2.45) is 0 Å². The molecule has 0 fully saturated rings. The van der Waals surface area contributed by atoms with Gasteiger partial charge in [-0.1, -0.05) is 29.8 Å². The van der Waals surface area contributed by atoms with Crippen molar-refractivity contribution in [3.63, 3.8) is 0 Å². The zero-order chi connectivity index (χ0) is 12.0. The maximum Gasteiger partial charge on any atom is 0.0407 e. The molecule has 0 unspecified atom stereocenters. The summed E-state index contributed by atoms with van der Waals surface area (Å²) >= 11 is 5.56. The van der Waals surface area contributed by atoms with Crippen molar-refractivity contribution in [1.82, 2.24) is 0 Å². The Labute approximate surface area is 101 Å². The van der Waals surface area contributed by atoms with Gasteiger partial charge in [-0.2, -0.15) is 0 Å². The van der Waals surface area contributed by atoms with Crippen molar-refractivity contribution in [2.75, 3.05) is 11.5 Å². The van der Waals surface area contributed by atoms with E-state index in [-0.39, 0.29) is 0 Å². The van der Waals surface area contributed by atoms with E-state index in [0.29, 0.717) is 0 Å². The molecule has 0 aliphatic heterocycles. The Morgan fingerprint density at radius 3 is 1.81 bits per heavy atom. The Hall–Kier alpha value is -1.67. The number of anilines is 2. The minimum absolute atomic E-state index is 0.721. The van der Waals surface area contributed by atoms with E-state index in [0.717, 1.165) is 22.0 Å². The van der Waals surface area contributed by atoms with Crippen molar-refractivity contribution in [2.45, 2.75) is 6.92 Å². The summed E-state index contributed by atoms with van der Waals surface area (Å²) in [5.41, 5.74) is 13.6. The van der Waals surface area contributed by atoms with E-state index in [2.05, 4.69) is 0 Å². The topological polar surface area (TPSA) is 52.0 Å². The molecule has 0 bridgehead atoms. The van der Waals surface area contributed by atoms with Gasteiger partial charge in [0, 0.05) is 16.4 Å². The van der Waals surface area contributed by atoms with Crippen LogP contribution < -0.4 is 11.5 Å². The number of halogens is 1. The lowest BCUT2D eigenvalue weighted by Gasteiger charge is -1.93. The maximum absolute atomic E-state index is 5.56. The molecule has 2 rings (SSSR count). The van der Waals surface area contributed by atoms with Gasteiger partial charge in [-0.15, -0.1) is 0 Å². The van der Waals surface area contributed by atoms with Crippen molar-refractivity contribution in [1.29, 1.82) is 0 Å². The Morgan fingerprint density at radius 1 is 0.875 bits per heavy atom. The Kier molecular flexibility index (Phi) is 4.67. The maximum atomic E-state index is 5.56. The molecule has 0 spiro atoms. The summed E-state index contributed by atoms with van der Waals surface area (Å²) in [6, 6.07) is 14.9. The first-order valence-electron chi connectivity index (χ1n) is 4.92. The third kappa shape index (κ3) is 4.24. The minimum Gasteiger partial charge on any atom is -0.399 e. The van der Waals surface area contributed by atoms with Crippen molar-refractivity contribution in [3.8, 4) is 0 Å². The number of para-hydroxylation sites is 1. The predicted octanol–water partition coefficient (Wildman–Crippen LogP) is 3.50. The highest BCUT2D eigenvalue weighted by atomic mass is 35.5. The van der Waals surface area contributed by atoms with Gasteiger partial charge in [0.15, 0.2) is 0 Å². The van der Waals surface area contributed by atoms with Gasteiger partial charge in [-0.3, -0.25) is 0 Å². The fourth-order valence-electron chi connectivity index (χ4n) is 1.05. The molecule has 0 saturated carbocycles. The first-order chi connectivity index (χ1) is 7.59. The van der Waals surface area contributed by atoms with Crippen molar-refractivity contribution >= 4 is 23.0 Å². The van der Waals surface area contributed by atoms with Crippen LogP contribution in [-0.4, -0.2) is 0 Å². The summed E-state index contributed by atoms with van der Waals surface area (Å²) in [5, 5.41) is 0.721. The molecule has 0 atom stereocenters. The zero-order valence-electron chi connectivity index (χ0n) is 9.15. The molecule has 84 valence electrons. The molecule has 2 aromatic carbocycles. The van der Waals surface area contributed by atoms with Gasteiger partial charge in [0.1, 0.15) is 0 Å². The van der Waals surface area contributed by atoms with Crippen LogP contribution in [-0.2, 0) is 0 Å². The van der Waals surface area contributed by atoms with E-state index in [1.165, 1.54) is 0 Å². The first kappa shape index (κ1) is 12.4. The largest absolute Gasteiger partial charge is 0.399 e. The predicted molar refractivity (Wildman–Crippen MR) is 71.5 cm³/mol. The molecule has 2 nitrogen and oxygen atoms in total. The summed E-state index contributed by atoms with van der Waals surface area (Å²) in [7, 11) is 0. The molecule has 0 amide bonds. The van der Waals surface area contributed by atoms with E-state index in [9.17, 15) is 0 Å². The summed E-state index contributed by atoms with van der Waals surface area (Å²) in [5.74, 6) is 0. The van der Waals surface area contributed by atoms with Gasteiger partial charge in [0.2, 0.25) is 0 Å².